The lowest BCUT2D eigenvalue weighted by molar-refractivity contribution is 0.0994. The summed E-state index contributed by atoms with van der Waals surface area (Å²) in [5.74, 6) is 0.0437. The fourth-order valence-corrected chi connectivity index (χ4v) is 3.45. The molecule has 134 valence electrons. The Hall–Kier alpha value is -2.57. The van der Waals surface area contributed by atoms with E-state index in [0.717, 1.165) is 43.4 Å². The lowest BCUT2D eigenvalue weighted by Gasteiger charge is -2.33. The molecule has 1 aromatic heterocycles. The minimum atomic E-state index is -0.484. The van der Waals surface area contributed by atoms with Crippen LogP contribution >= 0.6 is 0 Å². The highest BCUT2D eigenvalue weighted by Crippen LogP contribution is 2.26. The second-order valence-corrected chi connectivity index (χ2v) is 6.50. The molecule has 1 aliphatic heterocycles. The van der Waals surface area contributed by atoms with Crippen LogP contribution in [0.3, 0.4) is 0 Å². The zero-order valence-corrected chi connectivity index (χ0v) is 14.3. The maximum atomic E-state index is 12.0. The van der Waals surface area contributed by atoms with Crippen LogP contribution in [0.2, 0.25) is 0 Å². The molecular formula is C18H24N4O3. The van der Waals surface area contributed by atoms with Crippen LogP contribution in [0.25, 0.3) is 0 Å². The third kappa shape index (κ3) is 3.92. The van der Waals surface area contributed by atoms with Gasteiger partial charge in [0.2, 0.25) is 0 Å². The number of nitrogens with zero attached hydrogens (tertiary/aromatic N) is 2. The smallest absolute Gasteiger partial charge is 0.410 e. The van der Waals surface area contributed by atoms with Gasteiger partial charge < -0.3 is 20.7 Å². The Kier molecular flexibility index (Phi) is 5.21. The standard InChI is InChI=1S/C18H24N4O3/c1-2-9-25-18(24)22-8-4-6-13(11-22)20-17-14(16(19)23)10-12-5-3-7-15(12)21-17/h2,10,13H,1,3-9,11H2,(H2,19,23)(H,20,21). The molecule has 7 heteroatoms. The molecule has 1 aromatic rings. The van der Waals surface area contributed by atoms with Gasteiger partial charge in [0.15, 0.2) is 0 Å². The van der Waals surface area contributed by atoms with E-state index >= 15 is 0 Å². The Balaban J connectivity index is 1.72. The summed E-state index contributed by atoms with van der Waals surface area (Å²) >= 11 is 0. The number of primary amides is 1. The molecule has 2 amide bonds. The van der Waals surface area contributed by atoms with E-state index < -0.39 is 5.91 Å². The quantitative estimate of drug-likeness (QED) is 0.795. The van der Waals surface area contributed by atoms with Crippen LogP contribution in [0.15, 0.2) is 18.7 Å². The molecule has 0 aromatic carbocycles. The van der Waals surface area contributed by atoms with Gasteiger partial charge in [-0.1, -0.05) is 12.7 Å². The van der Waals surface area contributed by atoms with E-state index in [1.54, 1.807) is 11.0 Å². The van der Waals surface area contributed by atoms with Crippen molar-refractivity contribution in [2.45, 2.75) is 38.1 Å². The van der Waals surface area contributed by atoms with Crippen molar-refractivity contribution in [2.24, 2.45) is 5.73 Å². The number of hydrogen-bond donors (Lipinski definition) is 2. The predicted molar refractivity (Wildman–Crippen MR) is 94.5 cm³/mol. The van der Waals surface area contributed by atoms with E-state index in [0.29, 0.717) is 24.5 Å². The van der Waals surface area contributed by atoms with Crippen molar-refractivity contribution in [1.82, 2.24) is 9.88 Å². The van der Waals surface area contributed by atoms with Crippen molar-refractivity contribution >= 4 is 17.8 Å². The summed E-state index contributed by atoms with van der Waals surface area (Å²) in [7, 11) is 0. The van der Waals surface area contributed by atoms with Crippen LogP contribution in [0.5, 0.6) is 0 Å². The SMILES string of the molecule is C=CCOC(=O)N1CCCC(Nc2nc3c(cc2C(N)=O)CCC3)C1. The maximum absolute atomic E-state index is 12.0. The van der Waals surface area contributed by atoms with Gasteiger partial charge in [0, 0.05) is 24.8 Å². The number of rotatable bonds is 5. The summed E-state index contributed by atoms with van der Waals surface area (Å²) in [6, 6.07) is 1.87. The molecule has 1 atom stereocenters. The number of aryl methyl sites for hydroxylation is 2. The number of likely N-dealkylation sites (tertiary alicyclic amines) is 1. The third-order valence-electron chi connectivity index (χ3n) is 4.66. The van der Waals surface area contributed by atoms with Crippen molar-refractivity contribution in [3.8, 4) is 0 Å². The summed E-state index contributed by atoms with van der Waals surface area (Å²) in [6.45, 7) is 4.91. The first-order valence-electron chi connectivity index (χ1n) is 8.70. The van der Waals surface area contributed by atoms with E-state index in [1.807, 2.05) is 6.07 Å². The van der Waals surface area contributed by atoms with E-state index in [9.17, 15) is 9.59 Å². The molecule has 1 saturated heterocycles. The number of carbonyl (C=O) groups is 2. The minimum absolute atomic E-state index is 0.00934. The summed E-state index contributed by atoms with van der Waals surface area (Å²) in [6.07, 6.45) is 5.87. The number of aromatic nitrogens is 1. The lowest BCUT2D eigenvalue weighted by Crippen LogP contribution is -2.45. The normalized spacial score (nSPS) is 19.2. The molecule has 1 aliphatic carbocycles. The maximum Gasteiger partial charge on any atom is 0.410 e. The highest BCUT2D eigenvalue weighted by Gasteiger charge is 2.26. The molecule has 1 fully saturated rings. The minimum Gasteiger partial charge on any atom is -0.445 e. The van der Waals surface area contributed by atoms with E-state index in [-0.39, 0.29) is 18.7 Å². The monoisotopic (exact) mass is 344 g/mol. The molecule has 0 spiro atoms. The predicted octanol–water partition coefficient (Wildman–Crippen LogP) is 1.87. The fourth-order valence-electron chi connectivity index (χ4n) is 3.45. The Labute approximate surface area is 147 Å². The van der Waals surface area contributed by atoms with Crippen molar-refractivity contribution in [3.05, 3.63) is 35.5 Å². The highest BCUT2D eigenvalue weighted by atomic mass is 16.6. The number of anilines is 1. The number of fused-ring (bicyclic) bond motifs is 1. The zero-order chi connectivity index (χ0) is 17.8. The highest BCUT2D eigenvalue weighted by molar-refractivity contribution is 5.98. The Morgan fingerprint density at radius 1 is 1.44 bits per heavy atom. The molecule has 7 nitrogen and oxygen atoms in total. The van der Waals surface area contributed by atoms with Crippen molar-refractivity contribution < 1.29 is 14.3 Å². The Morgan fingerprint density at radius 2 is 2.28 bits per heavy atom. The van der Waals surface area contributed by atoms with E-state index in [4.69, 9.17) is 10.5 Å². The molecule has 0 saturated carbocycles. The zero-order valence-electron chi connectivity index (χ0n) is 14.3. The lowest BCUT2D eigenvalue weighted by atomic mass is 10.0. The Bertz CT molecular complexity index is 689. The molecule has 0 bridgehead atoms. The van der Waals surface area contributed by atoms with Gasteiger partial charge in [-0.3, -0.25) is 4.79 Å². The topological polar surface area (TPSA) is 97.6 Å². The molecule has 3 rings (SSSR count). The van der Waals surface area contributed by atoms with E-state index in [2.05, 4.69) is 16.9 Å². The second-order valence-electron chi connectivity index (χ2n) is 6.50. The van der Waals surface area contributed by atoms with E-state index in [1.165, 1.54) is 0 Å². The van der Waals surface area contributed by atoms with Crippen LogP contribution in [0.1, 0.15) is 40.9 Å². The molecule has 0 radical (unpaired) electrons. The number of ether oxygens (including phenoxy) is 1. The number of carbonyl (C=O) groups excluding carboxylic acids is 2. The van der Waals surface area contributed by atoms with Gasteiger partial charge in [-0.05, 0) is 43.7 Å². The number of nitrogens with two attached hydrogens (primary N) is 1. The molecule has 1 unspecified atom stereocenters. The van der Waals surface area contributed by atoms with Gasteiger partial charge in [-0.2, -0.15) is 0 Å². The number of amides is 2. The molecule has 2 heterocycles. The van der Waals surface area contributed by atoms with Crippen LogP contribution in [-0.2, 0) is 17.6 Å². The van der Waals surface area contributed by atoms with Gasteiger partial charge >= 0.3 is 6.09 Å². The van der Waals surface area contributed by atoms with Crippen LogP contribution in [0.4, 0.5) is 10.6 Å². The molecular weight excluding hydrogens is 320 g/mol. The van der Waals surface area contributed by atoms with Gasteiger partial charge in [0.1, 0.15) is 12.4 Å². The third-order valence-corrected chi connectivity index (χ3v) is 4.66. The van der Waals surface area contributed by atoms with Crippen molar-refractivity contribution in [2.75, 3.05) is 25.0 Å². The molecule has 25 heavy (non-hydrogen) atoms. The van der Waals surface area contributed by atoms with Gasteiger partial charge in [0.25, 0.3) is 5.91 Å². The van der Waals surface area contributed by atoms with Crippen LogP contribution in [0, 0.1) is 0 Å². The van der Waals surface area contributed by atoms with Crippen molar-refractivity contribution in [1.29, 1.82) is 0 Å². The van der Waals surface area contributed by atoms with Crippen molar-refractivity contribution in [3.63, 3.8) is 0 Å². The van der Waals surface area contributed by atoms with Crippen LogP contribution < -0.4 is 11.1 Å². The number of pyridine rings is 1. The molecule has 3 N–H and O–H groups in total. The number of nitrogens with one attached hydrogen (secondary N) is 1. The van der Waals surface area contributed by atoms with Gasteiger partial charge in [0.05, 0.1) is 5.56 Å². The molecule has 2 aliphatic rings. The summed E-state index contributed by atoms with van der Waals surface area (Å²) in [5.41, 5.74) is 8.10. The summed E-state index contributed by atoms with van der Waals surface area (Å²) in [5, 5.41) is 3.32. The van der Waals surface area contributed by atoms with Crippen LogP contribution in [-0.4, -0.2) is 47.6 Å². The first-order valence-corrected chi connectivity index (χ1v) is 8.70. The average Bonchev–Trinajstić information content (AvgIpc) is 3.06. The first kappa shape index (κ1) is 17.3. The fraction of sp³-hybridized carbons (Fsp3) is 0.500. The number of piperidine rings is 1. The first-order chi connectivity index (χ1) is 12.1. The largest absolute Gasteiger partial charge is 0.445 e. The Morgan fingerprint density at radius 3 is 3.04 bits per heavy atom. The number of hydrogen-bond acceptors (Lipinski definition) is 5. The summed E-state index contributed by atoms with van der Waals surface area (Å²) < 4.78 is 5.10. The summed E-state index contributed by atoms with van der Waals surface area (Å²) in [4.78, 5) is 30.1. The van der Waals surface area contributed by atoms with Gasteiger partial charge in [-0.15, -0.1) is 0 Å². The average molecular weight is 344 g/mol. The van der Waals surface area contributed by atoms with Gasteiger partial charge in [-0.25, -0.2) is 9.78 Å². The second kappa shape index (κ2) is 7.55.